The number of hydrogen-bond acceptors (Lipinski definition) is 2. The smallest absolute Gasteiger partial charge is 0.338 e. The second-order valence-electron chi connectivity index (χ2n) is 7.60. The molecule has 2 unspecified atom stereocenters. The van der Waals surface area contributed by atoms with Gasteiger partial charge >= 0.3 is 5.97 Å². The van der Waals surface area contributed by atoms with E-state index >= 15 is 0 Å². The zero-order chi connectivity index (χ0) is 15.0. The monoisotopic (exact) mass is 286 g/mol. The molecule has 2 fully saturated rings. The van der Waals surface area contributed by atoms with E-state index in [0.717, 1.165) is 25.2 Å². The van der Waals surface area contributed by atoms with Gasteiger partial charge < -0.3 is 4.74 Å². The zero-order valence-corrected chi connectivity index (χ0v) is 13.4. The van der Waals surface area contributed by atoms with Crippen molar-refractivity contribution in [3.63, 3.8) is 0 Å². The molecule has 114 valence electrons. The summed E-state index contributed by atoms with van der Waals surface area (Å²) < 4.78 is 6.08. The third-order valence-corrected chi connectivity index (χ3v) is 5.17. The summed E-state index contributed by atoms with van der Waals surface area (Å²) in [7, 11) is 0. The largest absolute Gasteiger partial charge is 0.455 e. The van der Waals surface area contributed by atoms with Crippen molar-refractivity contribution in [2.24, 2.45) is 17.8 Å². The number of benzene rings is 1. The highest BCUT2D eigenvalue weighted by Gasteiger charge is 2.47. The quantitative estimate of drug-likeness (QED) is 0.733. The van der Waals surface area contributed by atoms with Crippen LogP contribution in [0.25, 0.3) is 0 Å². The van der Waals surface area contributed by atoms with Crippen LogP contribution in [-0.4, -0.2) is 11.6 Å². The molecule has 21 heavy (non-hydrogen) atoms. The molecule has 0 heterocycles. The van der Waals surface area contributed by atoms with Crippen LogP contribution in [0, 0.1) is 24.7 Å². The molecule has 2 aliphatic carbocycles. The van der Waals surface area contributed by atoms with Crippen LogP contribution in [0.4, 0.5) is 0 Å². The van der Waals surface area contributed by atoms with E-state index < -0.39 is 0 Å². The summed E-state index contributed by atoms with van der Waals surface area (Å²) in [6.45, 7) is 6.64. The first-order chi connectivity index (χ1) is 9.96. The van der Waals surface area contributed by atoms with Gasteiger partial charge in [-0.25, -0.2) is 4.79 Å². The number of hydrogen-bond donors (Lipinski definition) is 0. The number of carbonyl (C=O) groups excluding carboxylic acids is 1. The van der Waals surface area contributed by atoms with Crippen LogP contribution in [0.5, 0.6) is 0 Å². The van der Waals surface area contributed by atoms with E-state index in [0.29, 0.717) is 17.4 Å². The maximum absolute atomic E-state index is 12.5. The Morgan fingerprint density at radius 3 is 2.19 bits per heavy atom. The summed E-state index contributed by atoms with van der Waals surface area (Å²) in [5, 5.41) is 0. The minimum atomic E-state index is -0.206. The molecule has 2 saturated carbocycles. The number of esters is 1. The van der Waals surface area contributed by atoms with Crippen molar-refractivity contribution >= 4 is 5.97 Å². The maximum Gasteiger partial charge on any atom is 0.338 e. The number of carbonyl (C=O) groups is 1. The summed E-state index contributed by atoms with van der Waals surface area (Å²) >= 11 is 0. The van der Waals surface area contributed by atoms with E-state index in [4.69, 9.17) is 4.74 Å². The first kappa shape index (κ1) is 14.6. The number of ether oxygens (including phenoxy) is 1. The lowest BCUT2D eigenvalue weighted by atomic mass is 9.63. The highest BCUT2D eigenvalue weighted by Crippen LogP contribution is 2.49. The lowest BCUT2D eigenvalue weighted by Crippen LogP contribution is -2.47. The lowest BCUT2D eigenvalue weighted by Gasteiger charge is -2.49. The Morgan fingerprint density at radius 1 is 1.05 bits per heavy atom. The van der Waals surface area contributed by atoms with Crippen LogP contribution in [0.2, 0.25) is 0 Å². The minimum Gasteiger partial charge on any atom is -0.455 e. The molecule has 0 N–H and O–H groups in total. The lowest BCUT2D eigenvalue weighted by molar-refractivity contribution is -0.0947. The summed E-state index contributed by atoms with van der Waals surface area (Å²) in [6, 6.07) is 7.71. The van der Waals surface area contributed by atoms with E-state index in [1.54, 1.807) is 0 Å². The predicted molar refractivity (Wildman–Crippen MR) is 84.2 cm³/mol. The normalized spacial score (nSPS) is 35.3. The average Bonchev–Trinajstić information content (AvgIpc) is 2.36. The second-order valence-corrected chi connectivity index (χ2v) is 7.60. The van der Waals surface area contributed by atoms with Gasteiger partial charge in [-0.15, -0.1) is 0 Å². The number of fused-ring (bicyclic) bond motifs is 2. The highest BCUT2D eigenvalue weighted by atomic mass is 16.6. The van der Waals surface area contributed by atoms with Crippen LogP contribution >= 0.6 is 0 Å². The maximum atomic E-state index is 12.5. The van der Waals surface area contributed by atoms with Gasteiger partial charge in [0, 0.05) is 0 Å². The van der Waals surface area contributed by atoms with Crippen LogP contribution in [-0.2, 0) is 4.74 Å². The van der Waals surface area contributed by atoms with Crippen molar-refractivity contribution < 1.29 is 9.53 Å². The molecule has 1 aromatic rings. The van der Waals surface area contributed by atoms with Gasteiger partial charge in [0.05, 0.1) is 5.56 Å². The summed E-state index contributed by atoms with van der Waals surface area (Å²) in [5.41, 5.74) is 1.65. The molecule has 1 aromatic carbocycles. The molecular weight excluding hydrogens is 260 g/mol. The van der Waals surface area contributed by atoms with Gasteiger partial charge in [-0.2, -0.15) is 0 Å². The van der Waals surface area contributed by atoms with Crippen LogP contribution in [0.15, 0.2) is 24.3 Å². The number of aryl methyl sites for hydroxylation is 1. The second kappa shape index (κ2) is 5.47. The minimum absolute atomic E-state index is 0.142. The molecule has 2 atom stereocenters. The SMILES string of the molecule is Cc1ccc(C(=O)OC23CC(C)CC(CC(C)C2)C3)cc1. The molecule has 2 bridgehead atoms. The van der Waals surface area contributed by atoms with E-state index in [9.17, 15) is 4.79 Å². The average molecular weight is 286 g/mol. The Kier molecular flexibility index (Phi) is 3.81. The highest BCUT2D eigenvalue weighted by molar-refractivity contribution is 5.89. The summed E-state index contributed by atoms with van der Waals surface area (Å²) in [5.74, 6) is 1.93. The standard InChI is InChI=1S/C19H26O2/c1-13-4-6-17(7-5-13)18(20)21-19-10-14(2)8-16(12-19)9-15(3)11-19/h4-7,14-16H,8-12H2,1-3H3. The first-order valence-corrected chi connectivity index (χ1v) is 8.26. The molecule has 0 spiro atoms. The predicted octanol–water partition coefficient (Wildman–Crippen LogP) is 4.76. The van der Waals surface area contributed by atoms with Gasteiger partial charge in [-0.05, 0) is 68.9 Å². The van der Waals surface area contributed by atoms with Gasteiger partial charge in [0.2, 0.25) is 0 Å². The van der Waals surface area contributed by atoms with Gasteiger partial charge in [0.25, 0.3) is 0 Å². The van der Waals surface area contributed by atoms with E-state index in [1.807, 2.05) is 31.2 Å². The number of rotatable bonds is 2. The molecule has 0 radical (unpaired) electrons. The third kappa shape index (κ3) is 3.14. The van der Waals surface area contributed by atoms with Crippen molar-refractivity contribution in [1.29, 1.82) is 0 Å². The van der Waals surface area contributed by atoms with E-state index in [-0.39, 0.29) is 11.6 Å². The van der Waals surface area contributed by atoms with Crippen molar-refractivity contribution in [3.8, 4) is 0 Å². The molecule has 2 heteroatoms. The fourth-order valence-corrected chi connectivity index (χ4v) is 4.68. The van der Waals surface area contributed by atoms with Gasteiger partial charge in [-0.3, -0.25) is 0 Å². The Labute approximate surface area is 127 Å². The molecule has 0 amide bonds. The zero-order valence-electron chi connectivity index (χ0n) is 13.4. The Bertz CT molecular complexity index is 497. The fourth-order valence-electron chi connectivity index (χ4n) is 4.68. The molecule has 0 aliphatic heterocycles. The first-order valence-electron chi connectivity index (χ1n) is 8.26. The molecule has 0 saturated heterocycles. The van der Waals surface area contributed by atoms with E-state index in [2.05, 4.69) is 13.8 Å². The van der Waals surface area contributed by atoms with Gasteiger partial charge in [0.15, 0.2) is 0 Å². The van der Waals surface area contributed by atoms with Crippen LogP contribution in [0.1, 0.15) is 61.9 Å². The van der Waals surface area contributed by atoms with Gasteiger partial charge in [0.1, 0.15) is 5.60 Å². The van der Waals surface area contributed by atoms with E-state index in [1.165, 1.54) is 18.4 Å². The van der Waals surface area contributed by atoms with Gasteiger partial charge in [-0.1, -0.05) is 31.5 Å². The van der Waals surface area contributed by atoms with Crippen LogP contribution in [0.3, 0.4) is 0 Å². The molecule has 2 nitrogen and oxygen atoms in total. The van der Waals surface area contributed by atoms with Crippen molar-refractivity contribution in [2.45, 2.75) is 58.5 Å². The Balaban J connectivity index is 1.78. The van der Waals surface area contributed by atoms with Crippen molar-refractivity contribution in [2.75, 3.05) is 0 Å². The Hall–Kier alpha value is -1.31. The van der Waals surface area contributed by atoms with Crippen molar-refractivity contribution in [3.05, 3.63) is 35.4 Å². The Morgan fingerprint density at radius 2 is 1.62 bits per heavy atom. The topological polar surface area (TPSA) is 26.3 Å². The van der Waals surface area contributed by atoms with Crippen molar-refractivity contribution in [1.82, 2.24) is 0 Å². The fraction of sp³-hybridized carbons (Fsp3) is 0.632. The molecular formula is C19H26O2. The molecule has 2 aliphatic rings. The summed E-state index contributed by atoms with van der Waals surface area (Å²) in [6.07, 6.45) is 5.73. The third-order valence-electron chi connectivity index (χ3n) is 5.17. The van der Waals surface area contributed by atoms with Crippen LogP contribution < -0.4 is 0 Å². The molecule has 3 rings (SSSR count). The summed E-state index contributed by atoms with van der Waals surface area (Å²) in [4.78, 5) is 12.5. The molecule has 0 aromatic heterocycles.